The molecule has 0 aliphatic heterocycles. The molecule has 2 unspecified atom stereocenters. The number of hydrogen-bond acceptors (Lipinski definition) is 7. The number of anilines is 2. The van der Waals surface area contributed by atoms with Crippen molar-refractivity contribution < 1.29 is 10.0 Å². The number of para-hydroxylation sites is 1. The van der Waals surface area contributed by atoms with Crippen LogP contribution in [0.3, 0.4) is 0 Å². The third-order valence-corrected chi connectivity index (χ3v) is 3.96. The van der Waals surface area contributed by atoms with Crippen molar-refractivity contribution in [1.82, 2.24) is 0 Å². The molecule has 2 atom stereocenters. The largest absolute Gasteiger partial charge is 0.395 e. The summed E-state index contributed by atoms with van der Waals surface area (Å²) >= 11 is 1.50. The minimum Gasteiger partial charge on any atom is -0.395 e. The summed E-state index contributed by atoms with van der Waals surface area (Å²) in [5, 5.41) is 23.3. The fourth-order valence-electron chi connectivity index (χ4n) is 1.75. The maximum absolute atomic E-state index is 11.1. The predicted octanol–water partition coefficient (Wildman–Crippen LogP) is 1.40. The fourth-order valence-corrected chi connectivity index (χ4v) is 2.37. The van der Waals surface area contributed by atoms with E-state index in [9.17, 15) is 15.2 Å². The molecule has 0 bridgehead atoms. The predicted molar refractivity (Wildman–Crippen MR) is 78.4 cm³/mol. The van der Waals surface area contributed by atoms with Crippen molar-refractivity contribution in [1.29, 1.82) is 0 Å². The van der Waals surface area contributed by atoms with Gasteiger partial charge in [0.15, 0.2) is 0 Å². The number of hydrogen-bond donors (Lipinski definition) is 4. The molecule has 0 amide bonds. The smallest absolute Gasteiger partial charge is 0.316 e. The first-order valence-electron chi connectivity index (χ1n) is 5.69. The lowest BCUT2D eigenvalue weighted by atomic mass is 10.2. The van der Waals surface area contributed by atoms with Crippen molar-refractivity contribution in [2.45, 2.75) is 18.2 Å². The molecular weight excluding hydrogens is 268 g/mol. The summed E-state index contributed by atoms with van der Waals surface area (Å²) in [6.07, 6.45) is 1.88. The zero-order valence-electron chi connectivity index (χ0n) is 10.8. The Morgan fingerprint density at radius 1 is 1.53 bits per heavy atom. The van der Waals surface area contributed by atoms with Gasteiger partial charge >= 0.3 is 5.69 Å². The number of nitrogens with one attached hydrogen (secondary N) is 2. The van der Waals surface area contributed by atoms with Crippen molar-refractivity contribution in [3.63, 3.8) is 0 Å². The minimum atomic E-state index is -0.489. The second kappa shape index (κ2) is 7.17. The molecular formula is C11H18N4O3S. The molecule has 0 saturated heterocycles. The molecule has 1 rings (SSSR count). The molecule has 0 radical (unpaired) electrons. The minimum absolute atomic E-state index is 0.00202. The van der Waals surface area contributed by atoms with Crippen molar-refractivity contribution >= 4 is 28.8 Å². The van der Waals surface area contributed by atoms with Crippen LogP contribution in [0.5, 0.6) is 0 Å². The number of nitrogens with two attached hydrogens (primary N) is 1. The number of rotatable bonds is 7. The van der Waals surface area contributed by atoms with Gasteiger partial charge in [0, 0.05) is 11.3 Å². The lowest BCUT2D eigenvalue weighted by Gasteiger charge is -2.22. The summed E-state index contributed by atoms with van der Waals surface area (Å²) in [7, 11) is 0. The van der Waals surface area contributed by atoms with Crippen LogP contribution in [0, 0.1) is 10.1 Å². The Labute approximate surface area is 115 Å². The van der Waals surface area contributed by atoms with Gasteiger partial charge in [-0.15, -0.1) is 0 Å². The zero-order valence-corrected chi connectivity index (χ0v) is 11.6. The second-order valence-electron chi connectivity index (χ2n) is 3.99. The van der Waals surface area contributed by atoms with E-state index in [4.69, 9.17) is 5.84 Å². The van der Waals surface area contributed by atoms with E-state index >= 15 is 0 Å². The van der Waals surface area contributed by atoms with Gasteiger partial charge < -0.3 is 15.8 Å². The van der Waals surface area contributed by atoms with Crippen LogP contribution in [0.15, 0.2) is 18.2 Å². The van der Waals surface area contributed by atoms with Crippen LogP contribution in [0.1, 0.15) is 6.92 Å². The SMILES string of the molecule is CSC(CO)C(C)Nc1cccc(NN)c1[N+](=O)[O-]. The Morgan fingerprint density at radius 2 is 2.16 bits per heavy atom. The van der Waals surface area contributed by atoms with E-state index in [0.717, 1.165) is 0 Å². The number of aliphatic hydroxyl groups excluding tert-OH is 1. The van der Waals surface area contributed by atoms with Crippen LogP contribution >= 0.6 is 11.8 Å². The van der Waals surface area contributed by atoms with Gasteiger partial charge in [0.05, 0.1) is 11.5 Å². The third-order valence-electron chi connectivity index (χ3n) is 2.80. The number of nitro groups is 1. The Bertz CT molecular complexity index is 440. The Kier molecular flexibility index (Phi) is 5.87. The van der Waals surface area contributed by atoms with Gasteiger partial charge in [0.1, 0.15) is 11.4 Å². The van der Waals surface area contributed by atoms with Gasteiger partial charge in [-0.2, -0.15) is 11.8 Å². The lowest BCUT2D eigenvalue weighted by Crippen LogP contribution is -2.31. The van der Waals surface area contributed by atoms with Gasteiger partial charge in [0.25, 0.3) is 0 Å². The van der Waals surface area contributed by atoms with Crippen molar-refractivity contribution in [3.8, 4) is 0 Å². The molecule has 7 nitrogen and oxygen atoms in total. The molecule has 1 aromatic carbocycles. The molecule has 5 N–H and O–H groups in total. The van der Waals surface area contributed by atoms with E-state index < -0.39 is 4.92 Å². The molecule has 0 heterocycles. The standard InChI is InChI=1S/C11H18N4O3S/c1-7(10(6-16)19-2)13-8-4-3-5-9(14-12)11(8)15(17)18/h3-5,7,10,13-14,16H,6,12H2,1-2H3. The summed E-state index contributed by atoms with van der Waals surface area (Å²) in [6.45, 7) is 1.86. The molecule has 106 valence electrons. The highest BCUT2D eigenvalue weighted by molar-refractivity contribution is 7.99. The highest BCUT2D eigenvalue weighted by atomic mass is 32.2. The number of hydrazine groups is 1. The highest BCUT2D eigenvalue weighted by Crippen LogP contribution is 2.33. The first kappa shape index (κ1) is 15.5. The summed E-state index contributed by atoms with van der Waals surface area (Å²) in [4.78, 5) is 10.6. The van der Waals surface area contributed by atoms with E-state index in [1.807, 2.05) is 13.2 Å². The lowest BCUT2D eigenvalue weighted by molar-refractivity contribution is -0.383. The first-order valence-corrected chi connectivity index (χ1v) is 6.98. The van der Waals surface area contributed by atoms with Crippen molar-refractivity contribution in [2.24, 2.45) is 5.84 Å². The molecule has 0 saturated carbocycles. The fraction of sp³-hybridized carbons (Fsp3) is 0.455. The molecule has 19 heavy (non-hydrogen) atoms. The number of nitrogens with zero attached hydrogens (tertiary/aromatic N) is 1. The van der Waals surface area contributed by atoms with Crippen LogP contribution in [-0.4, -0.2) is 34.2 Å². The summed E-state index contributed by atoms with van der Waals surface area (Å²) in [5.41, 5.74) is 2.83. The molecule has 1 aromatic rings. The number of aliphatic hydroxyl groups is 1. The Morgan fingerprint density at radius 3 is 2.63 bits per heavy atom. The molecule has 0 aliphatic rings. The van der Waals surface area contributed by atoms with Gasteiger partial charge in [0.2, 0.25) is 0 Å². The van der Waals surface area contributed by atoms with Crippen molar-refractivity contribution in [2.75, 3.05) is 23.6 Å². The van der Waals surface area contributed by atoms with Gasteiger partial charge in [-0.05, 0) is 25.3 Å². The first-order chi connectivity index (χ1) is 9.04. The number of nitro benzene ring substituents is 1. The average Bonchev–Trinajstić information content (AvgIpc) is 2.39. The number of benzene rings is 1. The summed E-state index contributed by atoms with van der Waals surface area (Å²) < 4.78 is 0. The molecule has 0 fully saturated rings. The maximum Gasteiger partial charge on any atom is 0.316 e. The van der Waals surface area contributed by atoms with Gasteiger partial charge in [-0.25, -0.2) is 0 Å². The monoisotopic (exact) mass is 286 g/mol. The Hall–Kier alpha value is -1.51. The van der Waals surface area contributed by atoms with Crippen LogP contribution in [0.2, 0.25) is 0 Å². The average molecular weight is 286 g/mol. The maximum atomic E-state index is 11.1. The van der Waals surface area contributed by atoms with Crippen LogP contribution in [0.25, 0.3) is 0 Å². The topological polar surface area (TPSA) is 113 Å². The van der Waals surface area contributed by atoms with E-state index in [0.29, 0.717) is 5.69 Å². The molecule has 0 aliphatic carbocycles. The quantitative estimate of drug-likeness (QED) is 0.340. The summed E-state index contributed by atoms with van der Waals surface area (Å²) in [5.74, 6) is 5.27. The number of nitrogen functional groups attached to an aromatic ring is 1. The van der Waals surface area contributed by atoms with E-state index in [1.54, 1.807) is 12.1 Å². The van der Waals surface area contributed by atoms with Gasteiger partial charge in [-0.3, -0.25) is 16.0 Å². The van der Waals surface area contributed by atoms with E-state index in [-0.39, 0.29) is 29.3 Å². The number of thioether (sulfide) groups is 1. The molecule has 0 spiro atoms. The van der Waals surface area contributed by atoms with Gasteiger partial charge in [-0.1, -0.05) is 6.07 Å². The van der Waals surface area contributed by atoms with Crippen LogP contribution in [-0.2, 0) is 0 Å². The molecule has 0 aromatic heterocycles. The third kappa shape index (κ3) is 3.72. The zero-order chi connectivity index (χ0) is 14.4. The second-order valence-corrected chi connectivity index (χ2v) is 5.07. The highest BCUT2D eigenvalue weighted by Gasteiger charge is 2.22. The van der Waals surface area contributed by atoms with Crippen molar-refractivity contribution in [3.05, 3.63) is 28.3 Å². The summed E-state index contributed by atoms with van der Waals surface area (Å²) in [6, 6.07) is 4.70. The normalized spacial score (nSPS) is 13.7. The van der Waals surface area contributed by atoms with E-state index in [2.05, 4.69) is 10.7 Å². The van der Waals surface area contributed by atoms with Crippen LogP contribution < -0.4 is 16.6 Å². The Balaban J connectivity index is 3.03. The van der Waals surface area contributed by atoms with E-state index in [1.165, 1.54) is 17.8 Å². The van der Waals surface area contributed by atoms with Crippen LogP contribution in [0.4, 0.5) is 17.1 Å². The molecule has 8 heteroatoms.